The zero-order valence-electron chi connectivity index (χ0n) is 16.0. The van der Waals surface area contributed by atoms with Crippen molar-refractivity contribution in [2.75, 3.05) is 26.2 Å². The van der Waals surface area contributed by atoms with Gasteiger partial charge in [-0.3, -0.25) is 4.79 Å². The summed E-state index contributed by atoms with van der Waals surface area (Å²) in [5.41, 5.74) is 1.47. The van der Waals surface area contributed by atoms with Gasteiger partial charge in [0.15, 0.2) is 0 Å². The summed E-state index contributed by atoms with van der Waals surface area (Å²) in [5, 5.41) is 7.37. The summed E-state index contributed by atoms with van der Waals surface area (Å²) in [7, 11) is 0. The van der Waals surface area contributed by atoms with Crippen molar-refractivity contribution in [1.82, 2.24) is 15.1 Å². The molecule has 1 saturated heterocycles. The van der Waals surface area contributed by atoms with Gasteiger partial charge in [-0.1, -0.05) is 12.1 Å². The number of benzene rings is 2. The van der Waals surface area contributed by atoms with E-state index in [1.54, 1.807) is 36.4 Å². The Labute approximate surface area is 168 Å². The Hall–Kier alpha value is -3.06. The fourth-order valence-electron chi connectivity index (χ4n) is 3.69. The van der Waals surface area contributed by atoms with Crippen LogP contribution in [0.15, 0.2) is 54.6 Å². The molecular weight excluding hydrogens is 374 g/mol. The molecule has 3 aromatic rings. The van der Waals surface area contributed by atoms with Gasteiger partial charge in [0.25, 0.3) is 5.91 Å². The smallest absolute Gasteiger partial charge is 0.270 e. The summed E-state index contributed by atoms with van der Waals surface area (Å²) in [6.07, 6.45) is 2.46. The number of hydrogen-bond acceptors (Lipinski definition) is 2. The molecule has 1 fully saturated rings. The van der Waals surface area contributed by atoms with Crippen molar-refractivity contribution in [2.24, 2.45) is 0 Å². The van der Waals surface area contributed by atoms with Gasteiger partial charge >= 0.3 is 0 Å². The number of carbonyl (C=O) groups excluding carboxylic acids is 1. The third-order valence-corrected chi connectivity index (χ3v) is 5.24. The molecule has 0 saturated carbocycles. The van der Waals surface area contributed by atoms with Crippen molar-refractivity contribution >= 4 is 5.91 Å². The van der Waals surface area contributed by atoms with Gasteiger partial charge in [0.2, 0.25) is 0 Å². The number of aromatic nitrogens is 2. The minimum Gasteiger partial charge on any atom is -0.345 e. The average molecular weight is 397 g/mol. The molecule has 1 aliphatic heterocycles. The molecule has 2 N–H and O–H groups in total. The number of rotatable bonds is 6. The number of nitrogens with zero attached hydrogens (tertiary/aromatic N) is 2. The van der Waals surface area contributed by atoms with Crippen LogP contribution in [0.1, 0.15) is 23.3 Å². The molecule has 0 bridgehead atoms. The lowest BCUT2D eigenvalue weighted by molar-refractivity contribution is -0.886. The zero-order chi connectivity index (χ0) is 20.2. The van der Waals surface area contributed by atoms with Gasteiger partial charge in [0, 0.05) is 18.4 Å². The molecule has 5 nitrogen and oxygen atoms in total. The van der Waals surface area contributed by atoms with Crippen LogP contribution in [0, 0.1) is 11.6 Å². The third kappa shape index (κ3) is 4.35. The van der Waals surface area contributed by atoms with Crippen LogP contribution in [0.25, 0.3) is 16.9 Å². The molecule has 1 aliphatic rings. The molecule has 0 spiro atoms. The van der Waals surface area contributed by atoms with Gasteiger partial charge in [-0.05, 0) is 42.5 Å². The van der Waals surface area contributed by atoms with Crippen LogP contribution in [0.5, 0.6) is 0 Å². The van der Waals surface area contributed by atoms with Gasteiger partial charge in [0.05, 0.1) is 37.6 Å². The lowest BCUT2D eigenvalue weighted by Gasteiger charge is -2.13. The van der Waals surface area contributed by atoms with Gasteiger partial charge in [-0.2, -0.15) is 5.10 Å². The first-order chi connectivity index (χ1) is 14.1. The van der Waals surface area contributed by atoms with E-state index >= 15 is 0 Å². The Balaban J connectivity index is 1.62. The predicted molar refractivity (Wildman–Crippen MR) is 106 cm³/mol. The van der Waals surface area contributed by atoms with Crippen LogP contribution in [-0.4, -0.2) is 41.9 Å². The molecule has 0 atom stereocenters. The summed E-state index contributed by atoms with van der Waals surface area (Å²) in [5.74, 6) is -1.08. The first-order valence-electron chi connectivity index (χ1n) is 9.84. The minimum atomic E-state index is -0.416. The largest absolute Gasteiger partial charge is 0.345 e. The molecule has 1 amide bonds. The maximum absolute atomic E-state index is 14.2. The van der Waals surface area contributed by atoms with Crippen molar-refractivity contribution in [2.45, 2.75) is 12.8 Å². The predicted octanol–water partition coefficient (Wildman–Crippen LogP) is 2.23. The van der Waals surface area contributed by atoms with E-state index in [1.165, 1.54) is 40.6 Å². The summed E-state index contributed by atoms with van der Waals surface area (Å²) in [4.78, 5) is 14.4. The summed E-state index contributed by atoms with van der Waals surface area (Å²) in [6.45, 7) is 3.70. The number of amides is 1. The molecule has 0 unspecified atom stereocenters. The van der Waals surface area contributed by atoms with Gasteiger partial charge in [-0.15, -0.1) is 0 Å². The van der Waals surface area contributed by atoms with E-state index < -0.39 is 5.82 Å². The Kier molecular flexibility index (Phi) is 5.67. The number of hydrogen-bond donors (Lipinski definition) is 2. The second kappa shape index (κ2) is 8.53. The van der Waals surface area contributed by atoms with E-state index in [0.717, 1.165) is 19.6 Å². The van der Waals surface area contributed by atoms with Crippen molar-refractivity contribution in [3.8, 4) is 16.9 Å². The van der Waals surface area contributed by atoms with Crippen LogP contribution in [0.4, 0.5) is 8.78 Å². The average Bonchev–Trinajstić information content (AvgIpc) is 3.39. The highest BCUT2D eigenvalue weighted by atomic mass is 19.1. The molecule has 4 rings (SSSR count). The Morgan fingerprint density at radius 1 is 1.07 bits per heavy atom. The topological polar surface area (TPSA) is 51.4 Å². The quantitative estimate of drug-likeness (QED) is 0.670. The molecule has 0 aliphatic carbocycles. The van der Waals surface area contributed by atoms with Crippen LogP contribution in [-0.2, 0) is 0 Å². The van der Waals surface area contributed by atoms with Crippen molar-refractivity contribution in [3.05, 3.63) is 71.9 Å². The number of quaternary nitrogens is 1. The van der Waals surface area contributed by atoms with E-state index in [2.05, 4.69) is 10.4 Å². The lowest BCUT2D eigenvalue weighted by atomic mass is 10.1. The highest BCUT2D eigenvalue weighted by molar-refractivity contribution is 5.94. The number of nitrogens with one attached hydrogen (secondary N) is 2. The minimum absolute atomic E-state index is 0.284. The molecule has 1 aromatic heterocycles. The SMILES string of the molecule is O=C(NCC[NH+]1CCCC1)c1cc(-c2ccccc2F)nn1-c1ccc(F)cc1. The molecule has 29 heavy (non-hydrogen) atoms. The van der Waals surface area contributed by atoms with Crippen molar-refractivity contribution < 1.29 is 18.5 Å². The molecule has 2 heterocycles. The van der Waals surface area contributed by atoms with E-state index in [0.29, 0.717) is 23.5 Å². The summed E-state index contributed by atoms with van der Waals surface area (Å²) < 4.78 is 29.0. The fraction of sp³-hybridized carbons (Fsp3) is 0.273. The highest BCUT2D eigenvalue weighted by Gasteiger charge is 2.20. The molecule has 7 heteroatoms. The standard InChI is InChI=1S/C22H22F2N4O/c23-16-7-9-17(10-8-16)28-21(22(29)25-11-14-27-12-3-4-13-27)15-20(26-28)18-5-1-2-6-19(18)24/h1-2,5-10,15H,3-4,11-14H2,(H,25,29)/p+1. The second-order valence-corrected chi connectivity index (χ2v) is 7.25. The van der Waals surface area contributed by atoms with Crippen LogP contribution in [0.2, 0.25) is 0 Å². The maximum atomic E-state index is 14.2. The summed E-state index contributed by atoms with van der Waals surface area (Å²) >= 11 is 0. The number of halogens is 2. The normalized spacial score (nSPS) is 14.3. The van der Waals surface area contributed by atoms with E-state index in [-0.39, 0.29) is 17.4 Å². The third-order valence-electron chi connectivity index (χ3n) is 5.24. The monoisotopic (exact) mass is 397 g/mol. The lowest BCUT2D eigenvalue weighted by Crippen LogP contribution is -3.10. The van der Waals surface area contributed by atoms with Crippen molar-refractivity contribution in [3.63, 3.8) is 0 Å². The fourth-order valence-corrected chi connectivity index (χ4v) is 3.69. The first-order valence-corrected chi connectivity index (χ1v) is 9.84. The van der Waals surface area contributed by atoms with Crippen LogP contribution in [0.3, 0.4) is 0 Å². The maximum Gasteiger partial charge on any atom is 0.270 e. The van der Waals surface area contributed by atoms with Gasteiger partial charge < -0.3 is 10.2 Å². The Morgan fingerprint density at radius 2 is 1.79 bits per heavy atom. The van der Waals surface area contributed by atoms with E-state index in [1.807, 2.05) is 0 Å². The van der Waals surface area contributed by atoms with E-state index in [9.17, 15) is 13.6 Å². The Bertz CT molecular complexity index is 994. The van der Waals surface area contributed by atoms with Crippen LogP contribution < -0.4 is 10.2 Å². The second-order valence-electron chi connectivity index (χ2n) is 7.25. The summed E-state index contributed by atoms with van der Waals surface area (Å²) in [6, 6.07) is 13.5. The van der Waals surface area contributed by atoms with Crippen LogP contribution >= 0.6 is 0 Å². The molecule has 2 aromatic carbocycles. The zero-order valence-corrected chi connectivity index (χ0v) is 16.0. The van der Waals surface area contributed by atoms with Crippen molar-refractivity contribution in [1.29, 1.82) is 0 Å². The molecule has 0 radical (unpaired) electrons. The van der Waals surface area contributed by atoms with E-state index in [4.69, 9.17) is 0 Å². The molecule has 150 valence electrons. The van der Waals surface area contributed by atoms with Gasteiger partial charge in [0.1, 0.15) is 17.3 Å². The molecular formula is C22H23F2N4O+. The highest BCUT2D eigenvalue weighted by Crippen LogP contribution is 2.24. The van der Waals surface area contributed by atoms with Gasteiger partial charge in [-0.25, -0.2) is 13.5 Å². The number of carbonyl (C=O) groups is 1. The Morgan fingerprint density at radius 3 is 2.52 bits per heavy atom. The first kappa shape index (κ1) is 19.3. The number of likely N-dealkylation sites (tertiary alicyclic amines) is 1.